The number of ether oxygens (including phenoxy) is 1. The van der Waals surface area contributed by atoms with Crippen molar-refractivity contribution >= 4 is 0 Å². The van der Waals surface area contributed by atoms with Crippen molar-refractivity contribution in [1.29, 1.82) is 0 Å². The Balaban J connectivity index is 1.24. The largest absolute Gasteiger partial charge is 0.365 e. The number of nitrogens with zero attached hydrogens (tertiary/aromatic N) is 4. The summed E-state index contributed by atoms with van der Waals surface area (Å²) in [6.07, 6.45) is 38.9. The van der Waals surface area contributed by atoms with Gasteiger partial charge in [0, 0.05) is 23.5 Å². The SMILES string of the molecule is CCCCCCC[C@H]1CC[C@H](C(OC(c2ccc(-c3cnc(CCC)cn3)cc2)[C@H]2CC[C@H](CCCCCCC)CC2)c2ccc(-c3cnc(CCC)cn3)cc2)CC1. The second-order valence-corrected chi connectivity index (χ2v) is 18.5. The molecule has 2 heterocycles. The smallest absolute Gasteiger partial charge is 0.0885 e. The van der Waals surface area contributed by atoms with Crippen molar-refractivity contribution in [3.63, 3.8) is 0 Å². The first-order valence-corrected chi connectivity index (χ1v) is 24.6. The number of rotatable bonds is 24. The second kappa shape index (κ2) is 24.7. The van der Waals surface area contributed by atoms with Crippen LogP contribution >= 0.6 is 0 Å². The zero-order valence-corrected chi connectivity index (χ0v) is 37.6. The van der Waals surface area contributed by atoms with Crippen LogP contribution in [0.5, 0.6) is 0 Å². The molecule has 2 aliphatic rings. The van der Waals surface area contributed by atoms with Crippen molar-refractivity contribution in [2.45, 2.75) is 194 Å². The first kappa shape index (κ1) is 45.1. The first-order chi connectivity index (χ1) is 29.1. The third kappa shape index (κ3) is 13.8. The van der Waals surface area contributed by atoms with E-state index in [2.05, 4.69) is 76.2 Å². The summed E-state index contributed by atoms with van der Waals surface area (Å²) in [6, 6.07) is 18.4. The minimum atomic E-state index is 0.0607. The fraction of sp³-hybridized carbons (Fsp3) is 0.630. The van der Waals surface area contributed by atoms with Crippen LogP contribution in [0.1, 0.15) is 204 Å². The molecule has 0 bridgehead atoms. The number of unbranched alkanes of at least 4 members (excludes halogenated alkanes) is 8. The Morgan fingerprint density at radius 1 is 0.441 bits per heavy atom. The molecule has 2 aliphatic carbocycles. The van der Waals surface area contributed by atoms with Crippen LogP contribution in [0.4, 0.5) is 0 Å². The number of hydrogen-bond donors (Lipinski definition) is 0. The summed E-state index contributed by atoms with van der Waals surface area (Å²) < 4.78 is 7.74. The summed E-state index contributed by atoms with van der Waals surface area (Å²) in [5, 5.41) is 0. The minimum Gasteiger partial charge on any atom is -0.365 e. The van der Waals surface area contributed by atoms with E-state index < -0.39 is 0 Å². The molecule has 2 atom stereocenters. The van der Waals surface area contributed by atoms with Crippen molar-refractivity contribution < 1.29 is 4.74 Å². The molecule has 0 amide bonds. The van der Waals surface area contributed by atoms with Gasteiger partial charge in [-0.3, -0.25) is 19.9 Å². The van der Waals surface area contributed by atoms with E-state index in [4.69, 9.17) is 24.7 Å². The van der Waals surface area contributed by atoms with Gasteiger partial charge in [0.15, 0.2) is 0 Å². The van der Waals surface area contributed by atoms with E-state index >= 15 is 0 Å². The van der Waals surface area contributed by atoms with Gasteiger partial charge < -0.3 is 4.74 Å². The van der Waals surface area contributed by atoms with E-state index in [1.54, 1.807) is 0 Å². The van der Waals surface area contributed by atoms with Crippen LogP contribution in [0, 0.1) is 23.7 Å². The highest BCUT2D eigenvalue weighted by Crippen LogP contribution is 2.47. The fourth-order valence-electron chi connectivity index (χ4n) is 10.2. The summed E-state index contributed by atoms with van der Waals surface area (Å²) >= 11 is 0. The molecule has 2 unspecified atom stereocenters. The standard InChI is InChI=1S/C54H78N4O/c1-5-9-11-13-15-19-41-21-25-45(26-22-41)53(47-33-29-43(30-34-47)51-39-55-49(17-7-3)37-57-51)59-54(46-27-23-42(24-28-46)20-16-14-12-10-6-2)48-35-31-44(32-36-48)52-40-56-50(18-8-4)38-58-52/h29-42,45-46,53-54H,5-28H2,1-4H3/t41-,42-,45-,46-,53?,54?. The highest BCUT2D eigenvalue weighted by molar-refractivity contribution is 5.59. The van der Waals surface area contributed by atoms with Crippen molar-refractivity contribution in [2.24, 2.45) is 23.7 Å². The molecular formula is C54H78N4O. The van der Waals surface area contributed by atoms with Crippen LogP contribution < -0.4 is 0 Å². The summed E-state index contributed by atoms with van der Waals surface area (Å²) in [4.78, 5) is 19.1. The molecule has 5 nitrogen and oxygen atoms in total. The Morgan fingerprint density at radius 3 is 1.17 bits per heavy atom. The maximum absolute atomic E-state index is 7.74. The van der Waals surface area contributed by atoms with Gasteiger partial charge in [0.2, 0.25) is 0 Å². The molecule has 0 radical (unpaired) electrons. The van der Waals surface area contributed by atoms with E-state index in [-0.39, 0.29) is 12.2 Å². The molecule has 6 rings (SSSR count). The molecule has 5 heteroatoms. The molecule has 0 N–H and O–H groups in total. The molecule has 2 aromatic heterocycles. The topological polar surface area (TPSA) is 60.8 Å². The van der Waals surface area contributed by atoms with Gasteiger partial charge >= 0.3 is 0 Å². The van der Waals surface area contributed by atoms with Crippen LogP contribution in [0.2, 0.25) is 0 Å². The van der Waals surface area contributed by atoms with Crippen LogP contribution in [0.3, 0.4) is 0 Å². The van der Waals surface area contributed by atoms with Crippen LogP contribution in [-0.4, -0.2) is 19.9 Å². The molecular weight excluding hydrogens is 721 g/mol. The Hall–Kier alpha value is -3.44. The lowest BCUT2D eigenvalue weighted by Crippen LogP contribution is -2.28. The molecule has 0 aliphatic heterocycles. The van der Waals surface area contributed by atoms with Gasteiger partial charge in [-0.25, -0.2) is 0 Å². The monoisotopic (exact) mass is 799 g/mol. The molecule has 0 spiro atoms. The van der Waals surface area contributed by atoms with Crippen LogP contribution in [0.25, 0.3) is 22.5 Å². The molecule has 0 saturated heterocycles. The maximum atomic E-state index is 7.74. The second-order valence-electron chi connectivity index (χ2n) is 18.5. The molecule has 2 saturated carbocycles. The molecule has 2 fully saturated rings. The maximum Gasteiger partial charge on any atom is 0.0885 e. The number of benzene rings is 2. The lowest BCUT2D eigenvalue weighted by molar-refractivity contribution is -0.0907. The van der Waals surface area contributed by atoms with Crippen molar-refractivity contribution in [1.82, 2.24) is 19.9 Å². The zero-order valence-electron chi connectivity index (χ0n) is 37.6. The van der Waals surface area contributed by atoms with Gasteiger partial charge in [0.25, 0.3) is 0 Å². The number of aryl methyl sites for hydroxylation is 2. The summed E-state index contributed by atoms with van der Waals surface area (Å²) in [6.45, 7) is 9.01. The summed E-state index contributed by atoms with van der Waals surface area (Å²) in [5.74, 6) is 2.77. The number of aromatic nitrogens is 4. The molecule has 2 aromatic carbocycles. The third-order valence-corrected chi connectivity index (χ3v) is 13.9. The highest BCUT2D eigenvalue weighted by Gasteiger charge is 2.36. The van der Waals surface area contributed by atoms with E-state index in [1.807, 2.05) is 24.8 Å². The van der Waals surface area contributed by atoms with E-state index in [9.17, 15) is 0 Å². The lowest BCUT2D eigenvalue weighted by Gasteiger charge is -2.40. The van der Waals surface area contributed by atoms with Gasteiger partial charge in [-0.2, -0.15) is 0 Å². The Kier molecular flexibility index (Phi) is 18.9. The van der Waals surface area contributed by atoms with Gasteiger partial charge in [0.1, 0.15) is 0 Å². The summed E-state index contributed by atoms with van der Waals surface area (Å²) in [5.41, 5.74) is 8.90. The first-order valence-electron chi connectivity index (χ1n) is 24.6. The Labute approximate surface area is 359 Å². The predicted octanol–water partition coefficient (Wildman–Crippen LogP) is 15.6. The third-order valence-electron chi connectivity index (χ3n) is 13.9. The van der Waals surface area contributed by atoms with Gasteiger partial charge in [-0.15, -0.1) is 0 Å². The summed E-state index contributed by atoms with van der Waals surface area (Å²) in [7, 11) is 0. The van der Waals surface area contributed by atoms with E-state index in [1.165, 1.54) is 140 Å². The van der Waals surface area contributed by atoms with Gasteiger partial charge in [-0.05, 0) is 73.3 Å². The van der Waals surface area contributed by atoms with Gasteiger partial charge in [0.05, 0.1) is 47.4 Å². The highest BCUT2D eigenvalue weighted by atomic mass is 16.5. The van der Waals surface area contributed by atoms with Gasteiger partial charge in [-0.1, -0.05) is 192 Å². The predicted molar refractivity (Wildman–Crippen MR) is 247 cm³/mol. The van der Waals surface area contributed by atoms with Crippen LogP contribution in [-0.2, 0) is 17.6 Å². The van der Waals surface area contributed by atoms with Crippen molar-refractivity contribution in [3.05, 3.63) is 95.8 Å². The molecule has 320 valence electrons. The van der Waals surface area contributed by atoms with E-state index in [0.29, 0.717) is 11.8 Å². The van der Waals surface area contributed by atoms with Crippen LogP contribution in [0.15, 0.2) is 73.3 Å². The van der Waals surface area contributed by atoms with E-state index in [0.717, 1.165) is 71.4 Å². The average Bonchev–Trinajstić information content (AvgIpc) is 3.28. The zero-order chi connectivity index (χ0) is 41.1. The normalized spacial score (nSPS) is 20.7. The molecule has 4 aromatic rings. The van der Waals surface area contributed by atoms with Crippen molar-refractivity contribution in [2.75, 3.05) is 0 Å². The minimum absolute atomic E-state index is 0.0607. The average molecular weight is 799 g/mol. The Morgan fingerprint density at radius 2 is 0.831 bits per heavy atom. The quantitative estimate of drug-likeness (QED) is 0.0661. The number of hydrogen-bond acceptors (Lipinski definition) is 5. The fourth-order valence-corrected chi connectivity index (χ4v) is 10.2. The lowest BCUT2D eigenvalue weighted by atomic mass is 9.74. The molecule has 59 heavy (non-hydrogen) atoms. The Bertz CT molecular complexity index is 1580. The van der Waals surface area contributed by atoms with Crippen molar-refractivity contribution in [3.8, 4) is 22.5 Å².